The van der Waals surface area contributed by atoms with Crippen LogP contribution in [0.15, 0.2) is 74.7 Å². The highest BCUT2D eigenvalue weighted by Gasteiger charge is 2.10. The van der Waals surface area contributed by atoms with Gasteiger partial charge >= 0.3 is 0 Å². The lowest BCUT2D eigenvalue weighted by molar-refractivity contribution is -0.120. The second kappa shape index (κ2) is 10.8. The number of nitrogens with one attached hydrogen (secondary N) is 1. The Morgan fingerprint density at radius 2 is 1.81 bits per heavy atom. The summed E-state index contributed by atoms with van der Waals surface area (Å²) in [6, 6.07) is 18.7. The lowest BCUT2D eigenvalue weighted by Gasteiger charge is -2.12. The van der Waals surface area contributed by atoms with E-state index < -0.39 is 0 Å². The van der Waals surface area contributed by atoms with Crippen molar-refractivity contribution < 1.29 is 13.9 Å². The summed E-state index contributed by atoms with van der Waals surface area (Å²) < 4.78 is 20.2. The normalized spacial score (nSPS) is 10.6. The maximum absolute atomic E-state index is 12.9. The molecule has 0 saturated heterocycles. The van der Waals surface area contributed by atoms with Crippen molar-refractivity contribution in [3.8, 4) is 11.8 Å². The number of rotatable bonds is 7. The summed E-state index contributed by atoms with van der Waals surface area (Å²) in [5, 5.41) is 13.2. The first-order valence-electron chi connectivity index (χ1n) is 9.12. The predicted molar refractivity (Wildman–Crippen MR) is 123 cm³/mol. The molecular weight excluding hydrogens is 529 g/mol. The molecule has 3 aromatic carbocycles. The van der Waals surface area contributed by atoms with E-state index in [-0.39, 0.29) is 24.8 Å². The van der Waals surface area contributed by atoms with Crippen LogP contribution in [0.1, 0.15) is 22.3 Å². The smallest absolute Gasteiger partial charge is 0.244 e. The molecule has 1 N–H and O–H groups in total. The van der Waals surface area contributed by atoms with Gasteiger partial charge in [0.25, 0.3) is 0 Å². The average molecular weight is 545 g/mol. The van der Waals surface area contributed by atoms with Crippen molar-refractivity contribution in [2.75, 3.05) is 0 Å². The van der Waals surface area contributed by atoms with Crippen LogP contribution in [-0.4, -0.2) is 12.1 Å². The summed E-state index contributed by atoms with van der Waals surface area (Å²) in [5.74, 6) is -0.0672. The molecule has 0 spiro atoms. The van der Waals surface area contributed by atoms with Gasteiger partial charge in [0.05, 0.1) is 33.2 Å². The molecule has 0 bridgehead atoms. The largest absolute Gasteiger partial charge is 0.486 e. The zero-order valence-corrected chi connectivity index (χ0v) is 19.3. The number of nitrogens with zero attached hydrogens (tertiary/aromatic N) is 2. The molecule has 0 aliphatic rings. The highest BCUT2D eigenvalue weighted by molar-refractivity contribution is 9.11. The summed E-state index contributed by atoms with van der Waals surface area (Å²) in [5.41, 5.74) is 5.23. The highest BCUT2D eigenvalue weighted by Crippen LogP contribution is 2.35. The molecule has 5 nitrogen and oxygen atoms in total. The van der Waals surface area contributed by atoms with Gasteiger partial charge in [-0.1, -0.05) is 30.3 Å². The molecule has 0 aromatic heterocycles. The van der Waals surface area contributed by atoms with Crippen molar-refractivity contribution in [3.05, 3.63) is 97.7 Å². The number of amides is 1. The van der Waals surface area contributed by atoms with Gasteiger partial charge < -0.3 is 4.74 Å². The van der Waals surface area contributed by atoms with Crippen LogP contribution in [0, 0.1) is 17.1 Å². The van der Waals surface area contributed by atoms with Gasteiger partial charge in [0.15, 0.2) is 0 Å². The third kappa shape index (κ3) is 6.48. The molecule has 31 heavy (non-hydrogen) atoms. The molecule has 0 saturated carbocycles. The van der Waals surface area contributed by atoms with E-state index in [1.165, 1.54) is 18.3 Å². The summed E-state index contributed by atoms with van der Waals surface area (Å²) >= 11 is 6.96. The van der Waals surface area contributed by atoms with Crippen LogP contribution in [0.5, 0.6) is 5.75 Å². The Labute approximate surface area is 195 Å². The Morgan fingerprint density at radius 1 is 1.13 bits per heavy atom. The summed E-state index contributed by atoms with van der Waals surface area (Å²) in [6.45, 7) is 0.244. The molecule has 3 rings (SSSR count). The van der Waals surface area contributed by atoms with E-state index in [1.54, 1.807) is 36.4 Å². The highest BCUT2D eigenvalue weighted by atomic mass is 79.9. The van der Waals surface area contributed by atoms with Crippen LogP contribution in [0.2, 0.25) is 0 Å². The first-order chi connectivity index (χ1) is 15.0. The standard InChI is InChI=1S/C23H16Br2FN3O2/c24-20-9-16(13-28-29-22(30)11-15-5-7-19(26)8-6-15)10-21(25)23(20)31-14-18-4-2-1-3-17(18)12-27/h1-10,13H,11,14H2,(H,29,30)/b28-13+. The van der Waals surface area contributed by atoms with Gasteiger partial charge in [-0.3, -0.25) is 4.79 Å². The van der Waals surface area contributed by atoms with Crippen LogP contribution in [0.4, 0.5) is 4.39 Å². The molecule has 0 radical (unpaired) electrons. The minimum absolute atomic E-state index is 0.0992. The van der Waals surface area contributed by atoms with Gasteiger partial charge in [-0.05, 0) is 73.3 Å². The topological polar surface area (TPSA) is 74.5 Å². The Bertz CT molecular complexity index is 1140. The van der Waals surface area contributed by atoms with Crippen molar-refractivity contribution in [2.45, 2.75) is 13.0 Å². The van der Waals surface area contributed by atoms with Crippen LogP contribution >= 0.6 is 31.9 Å². The third-order valence-corrected chi connectivity index (χ3v) is 5.39. The molecule has 0 unspecified atom stereocenters. The molecule has 0 heterocycles. The number of halogens is 3. The van der Waals surface area contributed by atoms with Gasteiger partial charge in [-0.2, -0.15) is 10.4 Å². The number of carbonyl (C=O) groups excluding carboxylic acids is 1. The van der Waals surface area contributed by atoms with Crippen LogP contribution in [-0.2, 0) is 17.8 Å². The number of benzene rings is 3. The molecule has 0 fully saturated rings. The average Bonchev–Trinajstić information content (AvgIpc) is 2.75. The van der Waals surface area contributed by atoms with Crippen LogP contribution < -0.4 is 10.2 Å². The SMILES string of the molecule is N#Cc1ccccc1COc1c(Br)cc(/C=N/NC(=O)Cc2ccc(F)cc2)cc1Br. The number of ether oxygens (including phenoxy) is 1. The van der Waals surface area contributed by atoms with Crippen molar-refractivity contribution in [3.63, 3.8) is 0 Å². The quantitative estimate of drug-likeness (QED) is 0.315. The maximum atomic E-state index is 12.9. The number of nitriles is 1. The first-order valence-corrected chi connectivity index (χ1v) is 10.7. The second-order valence-electron chi connectivity index (χ2n) is 6.47. The Morgan fingerprint density at radius 3 is 2.48 bits per heavy atom. The fourth-order valence-corrected chi connectivity index (χ4v) is 4.15. The van der Waals surface area contributed by atoms with Crippen LogP contribution in [0.25, 0.3) is 0 Å². The summed E-state index contributed by atoms with van der Waals surface area (Å²) in [4.78, 5) is 12.0. The first kappa shape index (κ1) is 22.7. The van der Waals surface area contributed by atoms with E-state index in [4.69, 9.17) is 4.74 Å². The third-order valence-electron chi connectivity index (χ3n) is 4.21. The summed E-state index contributed by atoms with van der Waals surface area (Å²) in [6.07, 6.45) is 1.61. The zero-order valence-electron chi connectivity index (χ0n) is 16.1. The van der Waals surface area contributed by atoms with E-state index in [9.17, 15) is 14.4 Å². The van der Waals surface area contributed by atoms with E-state index in [0.29, 0.717) is 25.8 Å². The molecule has 8 heteroatoms. The Kier molecular flexibility index (Phi) is 7.93. The van der Waals surface area contributed by atoms with E-state index in [0.717, 1.165) is 11.1 Å². The second-order valence-corrected chi connectivity index (χ2v) is 8.18. The fraction of sp³-hybridized carbons (Fsp3) is 0.0870. The molecule has 156 valence electrons. The van der Waals surface area contributed by atoms with E-state index >= 15 is 0 Å². The molecule has 3 aromatic rings. The summed E-state index contributed by atoms with van der Waals surface area (Å²) in [7, 11) is 0. The molecular formula is C23H16Br2FN3O2. The Hall–Kier alpha value is -3.02. The van der Waals surface area contributed by atoms with Crippen LogP contribution in [0.3, 0.4) is 0 Å². The zero-order chi connectivity index (χ0) is 22.2. The van der Waals surface area contributed by atoms with E-state index in [1.807, 2.05) is 12.1 Å². The molecule has 0 atom stereocenters. The molecule has 0 aliphatic heterocycles. The van der Waals surface area contributed by atoms with Crippen molar-refractivity contribution in [2.24, 2.45) is 5.10 Å². The fourth-order valence-electron chi connectivity index (χ4n) is 2.70. The monoisotopic (exact) mass is 543 g/mol. The number of hydrogen-bond acceptors (Lipinski definition) is 4. The minimum Gasteiger partial charge on any atom is -0.486 e. The van der Waals surface area contributed by atoms with Gasteiger partial charge in [0.2, 0.25) is 5.91 Å². The number of carbonyl (C=O) groups is 1. The molecule has 0 aliphatic carbocycles. The minimum atomic E-state index is -0.347. The maximum Gasteiger partial charge on any atom is 0.244 e. The van der Waals surface area contributed by atoms with Gasteiger partial charge in [0, 0.05) is 5.56 Å². The van der Waals surface area contributed by atoms with Crippen molar-refractivity contribution in [1.82, 2.24) is 5.43 Å². The van der Waals surface area contributed by atoms with Gasteiger partial charge in [-0.25, -0.2) is 9.82 Å². The Balaban J connectivity index is 1.61. The molecule has 1 amide bonds. The van der Waals surface area contributed by atoms with Crippen molar-refractivity contribution in [1.29, 1.82) is 5.26 Å². The van der Waals surface area contributed by atoms with Gasteiger partial charge in [0.1, 0.15) is 18.2 Å². The van der Waals surface area contributed by atoms with Crippen molar-refractivity contribution >= 4 is 44.0 Å². The number of hydrazone groups is 1. The van der Waals surface area contributed by atoms with E-state index in [2.05, 4.69) is 48.5 Å². The van der Waals surface area contributed by atoms with Gasteiger partial charge in [-0.15, -0.1) is 0 Å². The predicted octanol–water partition coefficient (Wildman–Crippen LogP) is 5.49. The number of hydrogen-bond donors (Lipinski definition) is 1. The lowest BCUT2D eigenvalue weighted by Crippen LogP contribution is -2.19. The lowest BCUT2D eigenvalue weighted by atomic mass is 10.1.